The first-order valence-corrected chi connectivity index (χ1v) is 5.67. The third kappa shape index (κ3) is 3.32. The quantitative estimate of drug-likeness (QED) is 0.747. The van der Waals surface area contributed by atoms with Crippen molar-refractivity contribution in [2.75, 3.05) is 13.6 Å². The van der Waals surface area contributed by atoms with Gasteiger partial charge in [-0.2, -0.15) is 5.26 Å². The second-order valence-electron chi connectivity index (χ2n) is 4.47. The first kappa shape index (κ1) is 13.2. The fourth-order valence-electron chi connectivity index (χ4n) is 2.07. The molecule has 0 heterocycles. The molecule has 3 nitrogen and oxygen atoms in total. The maximum absolute atomic E-state index is 11.1. The number of benzene rings is 1. The van der Waals surface area contributed by atoms with Crippen molar-refractivity contribution in [3.05, 3.63) is 34.4 Å². The lowest BCUT2D eigenvalue weighted by Gasteiger charge is -2.16. The lowest BCUT2D eigenvalue weighted by Crippen LogP contribution is -2.27. The van der Waals surface area contributed by atoms with Gasteiger partial charge in [0.2, 0.25) is 0 Å². The average molecular weight is 230 g/mol. The number of amides is 1. The zero-order chi connectivity index (χ0) is 13.0. The Balaban J connectivity index is 2.77. The molecule has 0 aliphatic rings. The summed E-state index contributed by atoms with van der Waals surface area (Å²) in [6.07, 6.45) is 0.794. The summed E-state index contributed by atoms with van der Waals surface area (Å²) in [6, 6.07) is 5.92. The topological polar surface area (TPSA) is 44.1 Å². The molecule has 0 saturated heterocycles. The van der Waals surface area contributed by atoms with Crippen LogP contribution in [0.5, 0.6) is 0 Å². The Kier molecular flexibility index (Phi) is 4.28. The standard InChI is InChI=1S/C14H18N2O/c1-10-7-11(2)13(12(3)8-10)5-6-16(4)14(17)9-15/h7-8H,5-6H2,1-4H3. The van der Waals surface area contributed by atoms with Crippen molar-refractivity contribution in [2.45, 2.75) is 27.2 Å². The first-order valence-electron chi connectivity index (χ1n) is 5.67. The summed E-state index contributed by atoms with van der Waals surface area (Å²) in [5, 5.41) is 8.51. The zero-order valence-electron chi connectivity index (χ0n) is 10.9. The van der Waals surface area contributed by atoms with Gasteiger partial charge in [-0.15, -0.1) is 0 Å². The minimum atomic E-state index is -0.479. The van der Waals surface area contributed by atoms with Crippen LogP contribution >= 0.6 is 0 Å². The molecule has 0 unspecified atom stereocenters. The molecule has 0 atom stereocenters. The number of hydrogen-bond acceptors (Lipinski definition) is 2. The van der Waals surface area contributed by atoms with Gasteiger partial charge in [-0.3, -0.25) is 4.79 Å². The van der Waals surface area contributed by atoms with Crippen LogP contribution in [0.4, 0.5) is 0 Å². The molecule has 0 aromatic heterocycles. The van der Waals surface area contributed by atoms with Crippen molar-refractivity contribution in [2.24, 2.45) is 0 Å². The van der Waals surface area contributed by atoms with E-state index in [9.17, 15) is 4.79 Å². The highest BCUT2D eigenvalue weighted by molar-refractivity contribution is 5.90. The summed E-state index contributed by atoms with van der Waals surface area (Å²) in [4.78, 5) is 12.6. The minimum Gasteiger partial charge on any atom is -0.333 e. The molecule has 0 radical (unpaired) electrons. The normalized spacial score (nSPS) is 9.82. The molecule has 0 aliphatic carbocycles. The van der Waals surface area contributed by atoms with Gasteiger partial charge in [0.15, 0.2) is 6.07 Å². The van der Waals surface area contributed by atoms with E-state index >= 15 is 0 Å². The summed E-state index contributed by atoms with van der Waals surface area (Å²) in [5.74, 6) is -0.479. The highest BCUT2D eigenvalue weighted by Gasteiger charge is 2.09. The van der Waals surface area contributed by atoms with Gasteiger partial charge in [0.1, 0.15) is 0 Å². The van der Waals surface area contributed by atoms with Crippen LogP contribution in [0.25, 0.3) is 0 Å². The van der Waals surface area contributed by atoms with Crippen LogP contribution in [0.1, 0.15) is 22.3 Å². The molecule has 17 heavy (non-hydrogen) atoms. The van der Waals surface area contributed by atoms with Crippen molar-refractivity contribution in [1.82, 2.24) is 4.90 Å². The van der Waals surface area contributed by atoms with Gasteiger partial charge in [-0.1, -0.05) is 17.7 Å². The third-order valence-corrected chi connectivity index (χ3v) is 2.98. The highest BCUT2D eigenvalue weighted by Crippen LogP contribution is 2.17. The number of rotatable bonds is 3. The maximum Gasteiger partial charge on any atom is 0.324 e. The van der Waals surface area contributed by atoms with Gasteiger partial charge in [0, 0.05) is 13.6 Å². The van der Waals surface area contributed by atoms with Crippen LogP contribution in [0.2, 0.25) is 0 Å². The fourth-order valence-corrected chi connectivity index (χ4v) is 2.07. The second kappa shape index (κ2) is 5.49. The van der Waals surface area contributed by atoms with Gasteiger partial charge >= 0.3 is 5.91 Å². The molecule has 0 bridgehead atoms. The van der Waals surface area contributed by atoms with E-state index in [1.54, 1.807) is 13.1 Å². The molecular formula is C14H18N2O. The van der Waals surface area contributed by atoms with Gasteiger partial charge in [0.05, 0.1) is 0 Å². The number of likely N-dealkylation sites (N-methyl/N-ethyl adjacent to an activating group) is 1. The summed E-state index contributed by atoms with van der Waals surface area (Å²) in [6.45, 7) is 6.83. The maximum atomic E-state index is 11.1. The van der Waals surface area contributed by atoms with Crippen molar-refractivity contribution in [3.63, 3.8) is 0 Å². The summed E-state index contributed by atoms with van der Waals surface area (Å²) in [7, 11) is 1.66. The van der Waals surface area contributed by atoms with Gasteiger partial charge < -0.3 is 4.90 Å². The molecule has 0 N–H and O–H groups in total. The van der Waals surface area contributed by atoms with E-state index in [1.165, 1.54) is 27.2 Å². The van der Waals surface area contributed by atoms with Crippen LogP contribution in [-0.4, -0.2) is 24.4 Å². The minimum absolute atomic E-state index is 0.479. The number of hydrogen-bond donors (Lipinski definition) is 0. The highest BCUT2D eigenvalue weighted by atomic mass is 16.2. The van der Waals surface area contributed by atoms with Crippen molar-refractivity contribution >= 4 is 5.91 Å². The van der Waals surface area contributed by atoms with E-state index in [1.807, 2.05) is 0 Å². The molecule has 0 spiro atoms. The van der Waals surface area contributed by atoms with E-state index in [2.05, 4.69) is 32.9 Å². The van der Waals surface area contributed by atoms with E-state index in [4.69, 9.17) is 5.26 Å². The summed E-state index contributed by atoms with van der Waals surface area (Å²) in [5.41, 5.74) is 5.03. The average Bonchev–Trinajstić information content (AvgIpc) is 2.26. The third-order valence-electron chi connectivity index (χ3n) is 2.98. The number of nitriles is 1. The van der Waals surface area contributed by atoms with Crippen LogP contribution in [0, 0.1) is 32.1 Å². The predicted octanol–water partition coefficient (Wildman–Crippen LogP) is 2.14. The monoisotopic (exact) mass is 230 g/mol. The van der Waals surface area contributed by atoms with Crippen LogP contribution < -0.4 is 0 Å². The largest absolute Gasteiger partial charge is 0.333 e. The van der Waals surface area contributed by atoms with Gasteiger partial charge in [-0.25, -0.2) is 0 Å². The summed E-state index contributed by atoms with van der Waals surface area (Å²) < 4.78 is 0. The van der Waals surface area contributed by atoms with Crippen LogP contribution in [0.3, 0.4) is 0 Å². The Bertz CT molecular complexity index is 449. The molecular weight excluding hydrogens is 212 g/mol. The Labute approximate surface area is 103 Å². The van der Waals surface area contributed by atoms with E-state index in [0.717, 1.165) is 6.42 Å². The lowest BCUT2D eigenvalue weighted by atomic mass is 9.97. The number of nitrogens with zero attached hydrogens (tertiary/aromatic N) is 2. The van der Waals surface area contributed by atoms with E-state index in [0.29, 0.717) is 6.54 Å². The molecule has 1 aromatic rings. The predicted molar refractivity (Wildman–Crippen MR) is 67.6 cm³/mol. The number of carbonyl (C=O) groups is 1. The SMILES string of the molecule is Cc1cc(C)c(CCN(C)C(=O)C#N)c(C)c1. The molecule has 1 rings (SSSR count). The van der Waals surface area contributed by atoms with Crippen LogP contribution in [-0.2, 0) is 11.2 Å². The Morgan fingerprint density at radius 1 is 1.29 bits per heavy atom. The van der Waals surface area contributed by atoms with Crippen molar-refractivity contribution < 1.29 is 4.79 Å². The smallest absolute Gasteiger partial charge is 0.324 e. The van der Waals surface area contributed by atoms with Crippen molar-refractivity contribution in [1.29, 1.82) is 5.26 Å². The fraction of sp³-hybridized carbons (Fsp3) is 0.429. The Morgan fingerprint density at radius 2 is 1.82 bits per heavy atom. The van der Waals surface area contributed by atoms with Gasteiger partial charge in [-0.05, 0) is 43.9 Å². The number of aryl methyl sites for hydroxylation is 3. The molecule has 0 fully saturated rings. The van der Waals surface area contributed by atoms with E-state index in [-0.39, 0.29) is 0 Å². The molecule has 90 valence electrons. The van der Waals surface area contributed by atoms with Gasteiger partial charge in [0.25, 0.3) is 0 Å². The number of carbonyl (C=O) groups excluding carboxylic acids is 1. The van der Waals surface area contributed by atoms with E-state index < -0.39 is 5.91 Å². The Hall–Kier alpha value is -1.82. The molecule has 0 aliphatic heterocycles. The lowest BCUT2D eigenvalue weighted by molar-refractivity contribution is -0.124. The molecule has 3 heteroatoms. The molecule has 0 saturated carbocycles. The van der Waals surface area contributed by atoms with Crippen molar-refractivity contribution in [3.8, 4) is 6.07 Å². The molecule has 1 amide bonds. The van der Waals surface area contributed by atoms with Crippen LogP contribution in [0.15, 0.2) is 12.1 Å². The second-order valence-corrected chi connectivity index (χ2v) is 4.47. The zero-order valence-corrected chi connectivity index (χ0v) is 10.9. The Morgan fingerprint density at radius 3 is 2.29 bits per heavy atom. The summed E-state index contributed by atoms with van der Waals surface area (Å²) >= 11 is 0. The first-order chi connectivity index (χ1) is 7.95. The molecule has 1 aromatic carbocycles.